The fourth-order valence-electron chi connectivity index (χ4n) is 1.78. The molecule has 0 unspecified atom stereocenters. The molecule has 2 N–H and O–H groups in total. The molecule has 3 nitrogen and oxygen atoms in total. The Labute approximate surface area is 83.5 Å². The van der Waals surface area contributed by atoms with Crippen LogP contribution in [0.25, 0.3) is 0 Å². The topological polar surface area (TPSA) is 41.1 Å². The third kappa shape index (κ3) is 1.45. The van der Waals surface area contributed by atoms with Gasteiger partial charge in [0.05, 0.1) is 11.3 Å². The Morgan fingerprint density at radius 3 is 3.21 bits per heavy atom. The van der Waals surface area contributed by atoms with Crippen LogP contribution in [0.15, 0.2) is 18.2 Å². The highest BCUT2D eigenvalue weighted by molar-refractivity contribution is 6.00. The van der Waals surface area contributed by atoms with Gasteiger partial charge in [0, 0.05) is 13.1 Å². The first-order valence-corrected chi connectivity index (χ1v) is 4.97. The van der Waals surface area contributed by atoms with Gasteiger partial charge in [-0.15, -0.1) is 0 Å². The van der Waals surface area contributed by atoms with Crippen LogP contribution in [0, 0.1) is 0 Å². The average molecular weight is 190 g/mol. The van der Waals surface area contributed by atoms with E-state index in [4.69, 9.17) is 0 Å². The molecule has 74 valence electrons. The molecular weight excluding hydrogens is 176 g/mol. The Kier molecular flexibility index (Phi) is 2.39. The summed E-state index contributed by atoms with van der Waals surface area (Å²) in [5.41, 5.74) is 3.02. The lowest BCUT2D eigenvalue weighted by Gasteiger charge is -2.07. The highest BCUT2D eigenvalue weighted by Crippen LogP contribution is 2.25. The second kappa shape index (κ2) is 3.70. The van der Waals surface area contributed by atoms with Crippen molar-refractivity contribution in [1.29, 1.82) is 0 Å². The van der Waals surface area contributed by atoms with Gasteiger partial charge in [0.15, 0.2) is 0 Å². The zero-order valence-corrected chi connectivity index (χ0v) is 8.26. The Morgan fingerprint density at radius 1 is 1.57 bits per heavy atom. The van der Waals surface area contributed by atoms with E-state index < -0.39 is 0 Å². The van der Waals surface area contributed by atoms with Crippen molar-refractivity contribution < 1.29 is 4.79 Å². The van der Waals surface area contributed by atoms with E-state index >= 15 is 0 Å². The second-order valence-corrected chi connectivity index (χ2v) is 3.38. The fraction of sp³-hybridized carbons (Fsp3) is 0.364. The first kappa shape index (κ1) is 9.06. The monoisotopic (exact) mass is 190 g/mol. The molecule has 1 aliphatic heterocycles. The third-order valence-electron chi connectivity index (χ3n) is 2.43. The van der Waals surface area contributed by atoms with E-state index in [0.717, 1.165) is 24.2 Å². The minimum atomic E-state index is 0.0127. The Hall–Kier alpha value is -1.51. The smallest absolute Gasteiger partial charge is 0.253 e. The lowest BCUT2D eigenvalue weighted by Crippen LogP contribution is -2.23. The molecular formula is C11H14N2O. The average Bonchev–Trinajstić information content (AvgIpc) is 2.65. The molecule has 0 radical (unpaired) electrons. The number of hydrogen-bond acceptors (Lipinski definition) is 2. The molecule has 0 bridgehead atoms. The van der Waals surface area contributed by atoms with Crippen molar-refractivity contribution >= 4 is 11.6 Å². The van der Waals surface area contributed by atoms with Crippen molar-refractivity contribution in [2.24, 2.45) is 0 Å². The van der Waals surface area contributed by atoms with Crippen LogP contribution >= 0.6 is 0 Å². The lowest BCUT2D eigenvalue weighted by molar-refractivity contribution is 0.0956. The van der Waals surface area contributed by atoms with Gasteiger partial charge in [-0.2, -0.15) is 0 Å². The van der Waals surface area contributed by atoms with Crippen LogP contribution in [-0.2, 0) is 6.42 Å². The van der Waals surface area contributed by atoms with Crippen LogP contribution in [0.4, 0.5) is 5.69 Å². The number of hydrogen-bond donors (Lipinski definition) is 2. The summed E-state index contributed by atoms with van der Waals surface area (Å²) in [4.78, 5) is 11.7. The van der Waals surface area contributed by atoms with Gasteiger partial charge in [-0.3, -0.25) is 4.79 Å². The van der Waals surface area contributed by atoms with E-state index in [1.165, 1.54) is 5.56 Å². The van der Waals surface area contributed by atoms with Crippen LogP contribution in [0.1, 0.15) is 22.8 Å². The number of carbonyl (C=O) groups is 1. The third-order valence-corrected chi connectivity index (χ3v) is 2.43. The molecule has 1 heterocycles. The van der Waals surface area contributed by atoms with Gasteiger partial charge in [0.1, 0.15) is 0 Å². The molecule has 3 heteroatoms. The maximum absolute atomic E-state index is 11.7. The minimum absolute atomic E-state index is 0.0127. The highest BCUT2D eigenvalue weighted by atomic mass is 16.1. The van der Waals surface area contributed by atoms with Crippen LogP contribution in [0.5, 0.6) is 0 Å². The van der Waals surface area contributed by atoms with Gasteiger partial charge in [-0.1, -0.05) is 12.1 Å². The Morgan fingerprint density at radius 2 is 2.43 bits per heavy atom. The van der Waals surface area contributed by atoms with Crippen LogP contribution < -0.4 is 10.6 Å². The SMILES string of the molecule is CCNC(=O)c1cccc2c1NCC2. The van der Waals surface area contributed by atoms with Crippen LogP contribution in [-0.4, -0.2) is 19.0 Å². The molecule has 14 heavy (non-hydrogen) atoms. The molecule has 0 aromatic heterocycles. The maximum Gasteiger partial charge on any atom is 0.253 e. The standard InChI is InChI=1S/C11H14N2O/c1-2-12-11(14)9-5-3-4-8-6-7-13-10(8)9/h3-5,13H,2,6-7H2,1H3,(H,12,14). The van der Waals surface area contributed by atoms with E-state index in [1.54, 1.807) is 0 Å². The predicted molar refractivity (Wildman–Crippen MR) is 56.6 cm³/mol. The summed E-state index contributed by atoms with van der Waals surface area (Å²) in [6.07, 6.45) is 1.02. The first-order valence-electron chi connectivity index (χ1n) is 4.97. The molecule has 2 rings (SSSR count). The largest absolute Gasteiger partial charge is 0.384 e. The van der Waals surface area contributed by atoms with Gasteiger partial charge in [0.2, 0.25) is 0 Å². The molecule has 1 aromatic carbocycles. The Balaban J connectivity index is 2.34. The summed E-state index contributed by atoms with van der Waals surface area (Å²) >= 11 is 0. The van der Waals surface area contributed by atoms with Crippen molar-refractivity contribution in [3.63, 3.8) is 0 Å². The molecule has 0 fully saturated rings. The number of rotatable bonds is 2. The fourth-order valence-corrected chi connectivity index (χ4v) is 1.78. The van der Waals surface area contributed by atoms with Crippen molar-refractivity contribution in [2.75, 3.05) is 18.4 Å². The van der Waals surface area contributed by atoms with Gasteiger partial charge >= 0.3 is 0 Å². The van der Waals surface area contributed by atoms with Crippen molar-refractivity contribution in [1.82, 2.24) is 5.32 Å². The number of para-hydroxylation sites is 1. The van der Waals surface area contributed by atoms with Crippen molar-refractivity contribution in [3.05, 3.63) is 29.3 Å². The van der Waals surface area contributed by atoms with Gasteiger partial charge < -0.3 is 10.6 Å². The van der Waals surface area contributed by atoms with E-state index in [9.17, 15) is 4.79 Å². The van der Waals surface area contributed by atoms with Crippen molar-refractivity contribution in [2.45, 2.75) is 13.3 Å². The number of amides is 1. The molecule has 0 spiro atoms. The summed E-state index contributed by atoms with van der Waals surface area (Å²) in [5.74, 6) is 0.0127. The summed E-state index contributed by atoms with van der Waals surface area (Å²) in [7, 11) is 0. The summed E-state index contributed by atoms with van der Waals surface area (Å²) < 4.78 is 0. The van der Waals surface area contributed by atoms with E-state index in [1.807, 2.05) is 19.1 Å². The van der Waals surface area contributed by atoms with Crippen molar-refractivity contribution in [3.8, 4) is 0 Å². The highest BCUT2D eigenvalue weighted by Gasteiger charge is 2.17. The predicted octanol–water partition coefficient (Wildman–Crippen LogP) is 1.40. The van der Waals surface area contributed by atoms with Crippen LogP contribution in [0.3, 0.4) is 0 Å². The molecule has 0 saturated carbocycles. The van der Waals surface area contributed by atoms with E-state index in [0.29, 0.717) is 6.54 Å². The molecule has 0 aliphatic carbocycles. The maximum atomic E-state index is 11.7. The normalized spacial score (nSPS) is 13.2. The molecule has 0 atom stereocenters. The number of benzene rings is 1. The zero-order valence-electron chi connectivity index (χ0n) is 8.26. The van der Waals surface area contributed by atoms with Gasteiger partial charge in [-0.25, -0.2) is 0 Å². The van der Waals surface area contributed by atoms with Gasteiger partial charge in [-0.05, 0) is 25.0 Å². The number of fused-ring (bicyclic) bond motifs is 1. The number of carbonyl (C=O) groups excluding carboxylic acids is 1. The second-order valence-electron chi connectivity index (χ2n) is 3.38. The van der Waals surface area contributed by atoms with Crippen LogP contribution in [0.2, 0.25) is 0 Å². The van der Waals surface area contributed by atoms with E-state index in [2.05, 4.69) is 16.7 Å². The molecule has 1 aromatic rings. The molecule has 0 saturated heterocycles. The minimum Gasteiger partial charge on any atom is -0.384 e. The molecule has 1 amide bonds. The zero-order chi connectivity index (χ0) is 9.97. The van der Waals surface area contributed by atoms with Gasteiger partial charge in [0.25, 0.3) is 5.91 Å². The Bertz CT molecular complexity index is 360. The van der Waals surface area contributed by atoms with E-state index in [-0.39, 0.29) is 5.91 Å². The quantitative estimate of drug-likeness (QED) is 0.740. The summed E-state index contributed by atoms with van der Waals surface area (Å²) in [6.45, 7) is 3.53. The number of anilines is 1. The summed E-state index contributed by atoms with van der Waals surface area (Å²) in [6, 6.07) is 5.87. The lowest BCUT2D eigenvalue weighted by atomic mass is 10.1. The number of nitrogens with one attached hydrogen (secondary N) is 2. The summed E-state index contributed by atoms with van der Waals surface area (Å²) in [5, 5.41) is 6.06. The molecule has 1 aliphatic rings. The first-order chi connectivity index (χ1) is 6.83.